The van der Waals surface area contributed by atoms with Crippen LogP contribution in [0.1, 0.15) is 41.0 Å². The molecule has 1 N–H and O–H groups in total. The molecule has 0 saturated carbocycles. The molecule has 1 rings (SSSR count). The lowest BCUT2D eigenvalue weighted by molar-refractivity contribution is -0.157. The van der Waals surface area contributed by atoms with Crippen molar-refractivity contribution in [2.24, 2.45) is 0 Å². The van der Waals surface area contributed by atoms with Crippen molar-refractivity contribution in [2.45, 2.75) is 52.6 Å². The summed E-state index contributed by atoms with van der Waals surface area (Å²) >= 11 is 0. The van der Waals surface area contributed by atoms with Crippen molar-refractivity contribution >= 4 is 11.8 Å². The SMILES string of the molecule is CC(C)N1CCN(CCCNC(C)(C)C)C(=O)C1=O. The first kappa shape index (κ1) is 16.0. The predicted octanol–water partition coefficient (Wildman–Crippen LogP) is 0.844. The lowest BCUT2D eigenvalue weighted by Gasteiger charge is -2.36. The van der Waals surface area contributed by atoms with Crippen LogP contribution in [0.15, 0.2) is 0 Å². The van der Waals surface area contributed by atoms with E-state index in [1.54, 1.807) is 9.80 Å². The molecule has 0 bridgehead atoms. The molecule has 5 heteroatoms. The summed E-state index contributed by atoms with van der Waals surface area (Å²) in [5, 5.41) is 3.38. The summed E-state index contributed by atoms with van der Waals surface area (Å²) < 4.78 is 0. The number of rotatable bonds is 5. The van der Waals surface area contributed by atoms with E-state index in [0.29, 0.717) is 19.6 Å². The molecule has 0 aliphatic carbocycles. The molecule has 1 aliphatic heterocycles. The van der Waals surface area contributed by atoms with Crippen molar-refractivity contribution < 1.29 is 9.59 Å². The summed E-state index contributed by atoms with van der Waals surface area (Å²) in [6, 6.07) is 0.0983. The molecule has 19 heavy (non-hydrogen) atoms. The van der Waals surface area contributed by atoms with E-state index in [1.807, 2.05) is 13.8 Å². The largest absolute Gasteiger partial charge is 0.333 e. The van der Waals surface area contributed by atoms with E-state index in [2.05, 4.69) is 26.1 Å². The highest BCUT2D eigenvalue weighted by Gasteiger charge is 2.33. The molecule has 0 aromatic heterocycles. The van der Waals surface area contributed by atoms with Gasteiger partial charge < -0.3 is 15.1 Å². The van der Waals surface area contributed by atoms with Gasteiger partial charge in [0.1, 0.15) is 0 Å². The zero-order valence-electron chi connectivity index (χ0n) is 12.8. The van der Waals surface area contributed by atoms with Crippen molar-refractivity contribution in [3.05, 3.63) is 0 Å². The van der Waals surface area contributed by atoms with Gasteiger partial charge in [0.25, 0.3) is 0 Å². The van der Waals surface area contributed by atoms with E-state index in [1.165, 1.54) is 0 Å². The highest BCUT2D eigenvalue weighted by atomic mass is 16.2. The second kappa shape index (κ2) is 6.37. The van der Waals surface area contributed by atoms with Crippen molar-refractivity contribution in [3.8, 4) is 0 Å². The van der Waals surface area contributed by atoms with Gasteiger partial charge in [-0.25, -0.2) is 0 Å². The van der Waals surface area contributed by atoms with Gasteiger partial charge in [0, 0.05) is 31.2 Å². The number of nitrogens with one attached hydrogen (secondary N) is 1. The van der Waals surface area contributed by atoms with E-state index in [9.17, 15) is 9.59 Å². The fraction of sp³-hybridized carbons (Fsp3) is 0.857. The molecule has 0 radical (unpaired) electrons. The normalized spacial score (nSPS) is 17.6. The van der Waals surface area contributed by atoms with Crippen LogP contribution in [0.3, 0.4) is 0 Å². The Labute approximate surface area is 116 Å². The number of hydrogen-bond donors (Lipinski definition) is 1. The van der Waals surface area contributed by atoms with Gasteiger partial charge in [-0.15, -0.1) is 0 Å². The van der Waals surface area contributed by atoms with Crippen molar-refractivity contribution in [1.29, 1.82) is 0 Å². The van der Waals surface area contributed by atoms with Crippen molar-refractivity contribution in [3.63, 3.8) is 0 Å². The van der Waals surface area contributed by atoms with Crippen LogP contribution in [-0.4, -0.2) is 59.4 Å². The zero-order valence-corrected chi connectivity index (χ0v) is 12.8. The number of nitrogens with zero attached hydrogens (tertiary/aromatic N) is 2. The van der Waals surface area contributed by atoms with Crippen molar-refractivity contribution in [2.75, 3.05) is 26.2 Å². The molecule has 0 aromatic carbocycles. The van der Waals surface area contributed by atoms with Crippen LogP contribution >= 0.6 is 0 Å². The summed E-state index contributed by atoms with van der Waals surface area (Å²) in [6.07, 6.45) is 0.873. The maximum Gasteiger partial charge on any atom is 0.312 e. The van der Waals surface area contributed by atoms with Gasteiger partial charge in [0.05, 0.1) is 0 Å². The molecule has 0 unspecified atom stereocenters. The average Bonchev–Trinajstić information content (AvgIpc) is 2.28. The topological polar surface area (TPSA) is 52.6 Å². The van der Waals surface area contributed by atoms with Gasteiger partial charge in [-0.3, -0.25) is 9.59 Å². The lowest BCUT2D eigenvalue weighted by atomic mass is 10.1. The Hall–Kier alpha value is -1.10. The first-order valence-corrected chi connectivity index (χ1v) is 7.07. The van der Waals surface area contributed by atoms with Gasteiger partial charge in [-0.1, -0.05) is 0 Å². The molecular weight excluding hydrogens is 242 g/mol. The van der Waals surface area contributed by atoms with Crippen LogP contribution in [0, 0.1) is 0 Å². The Morgan fingerprint density at radius 2 is 1.79 bits per heavy atom. The highest BCUT2D eigenvalue weighted by molar-refractivity contribution is 6.35. The van der Waals surface area contributed by atoms with Gasteiger partial charge in [-0.2, -0.15) is 0 Å². The predicted molar refractivity (Wildman–Crippen MR) is 75.8 cm³/mol. The average molecular weight is 269 g/mol. The van der Waals surface area contributed by atoms with Crippen molar-refractivity contribution in [1.82, 2.24) is 15.1 Å². The number of piperazine rings is 1. The molecule has 1 fully saturated rings. The maximum absolute atomic E-state index is 11.9. The Bertz CT molecular complexity index is 334. The van der Waals surface area contributed by atoms with Gasteiger partial charge in [-0.05, 0) is 47.6 Å². The maximum atomic E-state index is 11.9. The molecule has 0 spiro atoms. The molecule has 2 amide bonds. The van der Waals surface area contributed by atoms with Crippen LogP contribution < -0.4 is 5.32 Å². The van der Waals surface area contributed by atoms with Gasteiger partial charge in [0.2, 0.25) is 0 Å². The second-order valence-corrected chi connectivity index (χ2v) is 6.41. The Kier molecular flexibility index (Phi) is 5.35. The summed E-state index contributed by atoms with van der Waals surface area (Å²) in [5.74, 6) is -0.708. The van der Waals surface area contributed by atoms with Crippen LogP contribution in [0.25, 0.3) is 0 Å². The summed E-state index contributed by atoms with van der Waals surface area (Å²) in [4.78, 5) is 27.2. The molecule has 5 nitrogen and oxygen atoms in total. The third-order valence-corrected chi connectivity index (χ3v) is 3.23. The monoisotopic (exact) mass is 269 g/mol. The van der Waals surface area contributed by atoms with E-state index in [0.717, 1.165) is 13.0 Å². The fourth-order valence-electron chi connectivity index (χ4n) is 2.13. The molecular formula is C14H27N3O2. The summed E-state index contributed by atoms with van der Waals surface area (Å²) in [6.45, 7) is 13.0. The number of carbonyl (C=O) groups excluding carboxylic acids is 2. The van der Waals surface area contributed by atoms with Gasteiger partial charge in [0.15, 0.2) is 0 Å². The first-order chi connectivity index (χ1) is 8.72. The molecule has 1 heterocycles. The number of carbonyl (C=O) groups is 2. The van der Waals surface area contributed by atoms with Crippen LogP contribution in [0.5, 0.6) is 0 Å². The third-order valence-electron chi connectivity index (χ3n) is 3.23. The Balaban J connectivity index is 2.37. The second-order valence-electron chi connectivity index (χ2n) is 6.41. The van der Waals surface area contributed by atoms with E-state index in [-0.39, 0.29) is 23.4 Å². The highest BCUT2D eigenvalue weighted by Crippen LogP contribution is 2.09. The van der Waals surface area contributed by atoms with E-state index >= 15 is 0 Å². The van der Waals surface area contributed by atoms with Crippen LogP contribution in [0.2, 0.25) is 0 Å². The molecule has 0 atom stereocenters. The molecule has 0 aromatic rings. The van der Waals surface area contributed by atoms with Crippen LogP contribution in [0.4, 0.5) is 0 Å². The quantitative estimate of drug-likeness (QED) is 0.594. The molecule has 1 aliphatic rings. The summed E-state index contributed by atoms with van der Waals surface area (Å²) in [7, 11) is 0. The molecule has 110 valence electrons. The minimum Gasteiger partial charge on any atom is -0.333 e. The number of amides is 2. The van der Waals surface area contributed by atoms with Gasteiger partial charge >= 0.3 is 11.8 Å². The Morgan fingerprint density at radius 1 is 1.16 bits per heavy atom. The molecule has 1 saturated heterocycles. The minimum absolute atomic E-state index is 0.0934. The third kappa shape index (κ3) is 4.82. The van der Waals surface area contributed by atoms with E-state index in [4.69, 9.17) is 0 Å². The summed E-state index contributed by atoms with van der Waals surface area (Å²) in [5.41, 5.74) is 0.0934. The first-order valence-electron chi connectivity index (χ1n) is 7.07. The van der Waals surface area contributed by atoms with E-state index < -0.39 is 0 Å². The number of hydrogen-bond acceptors (Lipinski definition) is 3. The van der Waals surface area contributed by atoms with Crippen LogP contribution in [-0.2, 0) is 9.59 Å². The lowest BCUT2D eigenvalue weighted by Crippen LogP contribution is -2.56. The zero-order chi connectivity index (χ0) is 14.6. The minimum atomic E-state index is -0.356. The standard InChI is InChI=1S/C14H27N3O2/c1-11(2)17-10-9-16(12(18)13(17)19)8-6-7-15-14(3,4)5/h11,15H,6-10H2,1-5H3. The smallest absolute Gasteiger partial charge is 0.312 e. The fourth-order valence-corrected chi connectivity index (χ4v) is 2.13. The Morgan fingerprint density at radius 3 is 2.32 bits per heavy atom.